The predicted octanol–water partition coefficient (Wildman–Crippen LogP) is 3.97. The number of hydrogen-bond donors (Lipinski definition) is 1. The lowest BCUT2D eigenvalue weighted by Crippen LogP contribution is -2.29. The Morgan fingerprint density at radius 1 is 1.18 bits per heavy atom. The average Bonchev–Trinajstić information content (AvgIpc) is 2.69. The van der Waals surface area contributed by atoms with Crippen molar-refractivity contribution in [3.8, 4) is 0 Å². The van der Waals surface area contributed by atoms with E-state index in [4.69, 9.17) is 0 Å². The van der Waals surface area contributed by atoms with E-state index >= 15 is 0 Å². The largest absolute Gasteiger partial charge is 0.312 e. The van der Waals surface area contributed by atoms with Gasteiger partial charge in [-0.1, -0.05) is 43.5 Å². The number of nitrogens with one attached hydrogen (secondary N) is 1. The highest BCUT2D eigenvalue weighted by Gasteiger charge is 2.27. The first-order chi connectivity index (χ1) is 8.09. The average molecular weight is 231 g/mol. The molecule has 0 amide bonds. The van der Waals surface area contributed by atoms with E-state index in [9.17, 15) is 0 Å². The third-order valence-electron chi connectivity index (χ3n) is 4.18. The first-order valence-corrected chi connectivity index (χ1v) is 6.86. The van der Waals surface area contributed by atoms with Gasteiger partial charge in [0.25, 0.3) is 0 Å². The molecule has 0 heterocycles. The van der Waals surface area contributed by atoms with Crippen LogP contribution in [0, 0.1) is 19.3 Å². The van der Waals surface area contributed by atoms with Crippen molar-refractivity contribution in [1.82, 2.24) is 5.32 Å². The Kier molecular flexibility index (Phi) is 3.88. The fraction of sp³-hybridized carbons (Fsp3) is 0.625. The van der Waals surface area contributed by atoms with Gasteiger partial charge in [-0.05, 0) is 43.2 Å². The van der Waals surface area contributed by atoms with Gasteiger partial charge in [-0.3, -0.25) is 0 Å². The second-order valence-electron chi connectivity index (χ2n) is 6.05. The van der Waals surface area contributed by atoms with Crippen LogP contribution in [0.3, 0.4) is 0 Å². The van der Waals surface area contributed by atoms with Crippen LogP contribution in [-0.2, 0) is 6.54 Å². The number of benzene rings is 1. The molecule has 0 saturated heterocycles. The molecule has 1 nitrogen and oxygen atoms in total. The van der Waals surface area contributed by atoms with E-state index in [0.717, 1.165) is 6.54 Å². The molecule has 0 bridgehead atoms. The Hall–Kier alpha value is -0.820. The van der Waals surface area contributed by atoms with Crippen LogP contribution in [0.2, 0.25) is 0 Å². The summed E-state index contributed by atoms with van der Waals surface area (Å²) in [6, 6.07) is 6.74. The first kappa shape index (κ1) is 12.6. The molecule has 1 saturated carbocycles. The maximum Gasteiger partial charge on any atom is 0.0208 e. The Bertz CT molecular complexity index is 375. The van der Waals surface area contributed by atoms with E-state index in [0.29, 0.717) is 5.41 Å². The number of aryl methyl sites for hydroxylation is 2. The van der Waals surface area contributed by atoms with E-state index in [1.165, 1.54) is 48.9 Å². The zero-order chi connectivity index (χ0) is 12.3. The summed E-state index contributed by atoms with van der Waals surface area (Å²) in [4.78, 5) is 0. The molecule has 17 heavy (non-hydrogen) atoms. The van der Waals surface area contributed by atoms with Crippen molar-refractivity contribution in [3.05, 3.63) is 34.9 Å². The van der Waals surface area contributed by atoms with Crippen LogP contribution in [0.15, 0.2) is 18.2 Å². The summed E-state index contributed by atoms with van der Waals surface area (Å²) >= 11 is 0. The topological polar surface area (TPSA) is 12.0 Å². The van der Waals surface area contributed by atoms with Crippen molar-refractivity contribution >= 4 is 0 Å². The van der Waals surface area contributed by atoms with Gasteiger partial charge in [0, 0.05) is 13.1 Å². The summed E-state index contributed by atoms with van der Waals surface area (Å²) in [5, 5.41) is 3.64. The summed E-state index contributed by atoms with van der Waals surface area (Å²) < 4.78 is 0. The van der Waals surface area contributed by atoms with Gasteiger partial charge in [0.15, 0.2) is 0 Å². The lowest BCUT2D eigenvalue weighted by atomic mass is 9.89. The van der Waals surface area contributed by atoms with Crippen molar-refractivity contribution in [2.45, 2.75) is 53.0 Å². The van der Waals surface area contributed by atoms with Crippen LogP contribution < -0.4 is 5.32 Å². The molecule has 1 aliphatic carbocycles. The summed E-state index contributed by atoms with van der Waals surface area (Å²) in [6.07, 6.45) is 5.63. The maximum absolute atomic E-state index is 3.64. The van der Waals surface area contributed by atoms with Gasteiger partial charge in [0.2, 0.25) is 0 Å². The van der Waals surface area contributed by atoms with Gasteiger partial charge in [-0.25, -0.2) is 0 Å². The fourth-order valence-electron chi connectivity index (χ4n) is 2.95. The normalized spacial score (nSPS) is 18.5. The Labute approximate surface area is 106 Å². The highest BCUT2D eigenvalue weighted by atomic mass is 14.9. The quantitative estimate of drug-likeness (QED) is 0.826. The van der Waals surface area contributed by atoms with Crippen molar-refractivity contribution in [2.75, 3.05) is 6.54 Å². The third kappa shape index (κ3) is 3.32. The van der Waals surface area contributed by atoms with Crippen molar-refractivity contribution in [2.24, 2.45) is 5.41 Å². The molecule has 0 unspecified atom stereocenters. The minimum absolute atomic E-state index is 0.554. The molecule has 1 heteroatoms. The van der Waals surface area contributed by atoms with Gasteiger partial charge >= 0.3 is 0 Å². The van der Waals surface area contributed by atoms with Crippen molar-refractivity contribution in [1.29, 1.82) is 0 Å². The Morgan fingerprint density at radius 3 is 2.53 bits per heavy atom. The van der Waals surface area contributed by atoms with Crippen molar-refractivity contribution < 1.29 is 0 Å². The monoisotopic (exact) mass is 231 g/mol. The van der Waals surface area contributed by atoms with Crippen LogP contribution in [0.1, 0.15) is 49.3 Å². The van der Waals surface area contributed by atoms with Crippen LogP contribution in [0.4, 0.5) is 0 Å². The Balaban J connectivity index is 1.85. The van der Waals surface area contributed by atoms with E-state index < -0.39 is 0 Å². The standard InChI is InChI=1S/C16H25N/c1-13-6-7-15(14(2)10-13)11-17-12-16(3)8-4-5-9-16/h6-7,10,17H,4-5,8-9,11-12H2,1-3H3. The molecular weight excluding hydrogens is 206 g/mol. The summed E-state index contributed by atoms with van der Waals surface area (Å²) in [5.41, 5.74) is 4.76. The Morgan fingerprint density at radius 2 is 1.88 bits per heavy atom. The van der Waals surface area contributed by atoms with E-state index in [2.05, 4.69) is 44.3 Å². The maximum atomic E-state index is 3.64. The van der Waals surface area contributed by atoms with Gasteiger partial charge in [0.05, 0.1) is 0 Å². The fourth-order valence-corrected chi connectivity index (χ4v) is 2.95. The van der Waals surface area contributed by atoms with Crippen LogP contribution in [0.25, 0.3) is 0 Å². The highest BCUT2D eigenvalue weighted by molar-refractivity contribution is 5.30. The van der Waals surface area contributed by atoms with E-state index in [-0.39, 0.29) is 0 Å². The lowest BCUT2D eigenvalue weighted by molar-refractivity contribution is 0.314. The van der Waals surface area contributed by atoms with Gasteiger partial charge in [0.1, 0.15) is 0 Å². The minimum atomic E-state index is 0.554. The van der Waals surface area contributed by atoms with Gasteiger partial charge in [-0.15, -0.1) is 0 Å². The zero-order valence-electron chi connectivity index (χ0n) is 11.5. The molecule has 94 valence electrons. The second kappa shape index (κ2) is 5.22. The number of rotatable bonds is 4. The molecule has 0 aromatic heterocycles. The highest BCUT2D eigenvalue weighted by Crippen LogP contribution is 2.36. The summed E-state index contributed by atoms with van der Waals surface area (Å²) in [7, 11) is 0. The van der Waals surface area contributed by atoms with Crippen molar-refractivity contribution in [3.63, 3.8) is 0 Å². The molecule has 0 radical (unpaired) electrons. The minimum Gasteiger partial charge on any atom is -0.312 e. The molecule has 2 rings (SSSR count). The van der Waals surface area contributed by atoms with Crippen LogP contribution >= 0.6 is 0 Å². The summed E-state index contributed by atoms with van der Waals surface area (Å²) in [6.45, 7) is 8.97. The first-order valence-electron chi connectivity index (χ1n) is 6.86. The second-order valence-corrected chi connectivity index (χ2v) is 6.05. The van der Waals surface area contributed by atoms with E-state index in [1.54, 1.807) is 0 Å². The van der Waals surface area contributed by atoms with Gasteiger partial charge in [-0.2, -0.15) is 0 Å². The summed E-state index contributed by atoms with van der Waals surface area (Å²) in [5.74, 6) is 0. The zero-order valence-corrected chi connectivity index (χ0v) is 11.5. The van der Waals surface area contributed by atoms with Crippen LogP contribution in [0.5, 0.6) is 0 Å². The predicted molar refractivity (Wildman–Crippen MR) is 74.2 cm³/mol. The lowest BCUT2D eigenvalue weighted by Gasteiger charge is -2.24. The van der Waals surface area contributed by atoms with Crippen LogP contribution in [-0.4, -0.2) is 6.54 Å². The molecule has 1 fully saturated rings. The molecular formula is C16H25N. The third-order valence-corrected chi connectivity index (χ3v) is 4.18. The molecule has 1 aliphatic rings. The SMILES string of the molecule is Cc1ccc(CNCC2(C)CCCC2)c(C)c1. The van der Waals surface area contributed by atoms with Gasteiger partial charge < -0.3 is 5.32 Å². The molecule has 0 spiro atoms. The molecule has 0 atom stereocenters. The smallest absolute Gasteiger partial charge is 0.0208 e. The molecule has 1 N–H and O–H groups in total. The number of hydrogen-bond acceptors (Lipinski definition) is 1. The molecule has 0 aliphatic heterocycles. The molecule has 1 aromatic carbocycles. The molecule has 1 aromatic rings. The van der Waals surface area contributed by atoms with E-state index in [1.807, 2.05) is 0 Å².